The number of piperazine rings is 1. The van der Waals surface area contributed by atoms with Crippen LogP contribution in [-0.2, 0) is 9.53 Å². The second kappa shape index (κ2) is 8.49. The van der Waals surface area contributed by atoms with Gasteiger partial charge in [-0.15, -0.1) is 0 Å². The Hall–Kier alpha value is -2.35. The van der Waals surface area contributed by atoms with E-state index >= 15 is 0 Å². The summed E-state index contributed by atoms with van der Waals surface area (Å²) in [7, 11) is 0. The number of nitrogen functional groups attached to an aromatic ring is 1. The molecule has 134 valence electrons. The monoisotopic (exact) mass is 338 g/mol. The first-order valence-electron chi connectivity index (χ1n) is 7.77. The molecule has 0 spiro atoms. The molecule has 0 saturated carbocycles. The number of benzene rings is 1. The Balaban J connectivity index is 0.000000351. The van der Waals surface area contributed by atoms with Crippen molar-refractivity contribution in [1.29, 1.82) is 0 Å². The fourth-order valence-corrected chi connectivity index (χ4v) is 2.29. The van der Waals surface area contributed by atoms with Gasteiger partial charge in [-0.25, -0.2) is 0 Å². The van der Waals surface area contributed by atoms with E-state index in [0.29, 0.717) is 12.0 Å². The lowest BCUT2D eigenvalue weighted by atomic mass is 10.1. The third-order valence-corrected chi connectivity index (χ3v) is 3.38. The summed E-state index contributed by atoms with van der Waals surface area (Å²) in [6.07, 6.45) is 0. The Morgan fingerprint density at radius 1 is 1.33 bits per heavy atom. The van der Waals surface area contributed by atoms with E-state index in [0.717, 1.165) is 31.9 Å². The van der Waals surface area contributed by atoms with E-state index in [9.17, 15) is 14.9 Å². The van der Waals surface area contributed by atoms with Crippen molar-refractivity contribution in [2.75, 3.05) is 36.8 Å². The van der Waals surface area contributed by atoms with Crippen LogP contribution >= 0.6 is 0 Å². The number of ether oxygens (including phenoxy) is 1. The van der Waals surface area contributed by atoms with Crippen molar-refractivity contribution in [3.05, 3.63) is 27.8 Å². The first-order chi connectivity index (χ1) is 11.2. The molecular weight excluding hydrogens is 312 g/mol. The molecule has 2 rings (SSSR count). The van der Waals surface area contributed by atoms with Crippen LogP contribution in [-0.4, -0.2) is 43.2 Å². The molecule has 1 aromatic rings. The van der Waals surface area contributed by atoms with Crippen LogP contribution in [0.1, 0.15) is 26.3 Å². The smallest absolute Gasteiger partial charge is 0.295 e. The second-order valence-corrected chi connectivity index (χ2v) is 6.52. The average Bonchev–Trinajstić information content (AvgIpc) is 2.46. The second-order valence-electron chi connectivity index (χ2n) is 6.52. The lowest BCUT2D eigenvalue weighted by molar-refractivity contribution is -0.384. The summed E-state index contributed by atoms with van der Waals surface area (Å²) in [5.41, 5.74) is 7.26. The average molecular weight is 338 g/mol. The molecule has 1 aliphatic rings. The van der Waals surface area contributed by atoms with Crippen LogP contribution < -0.4 is 16.0 Å². The fourth-order valence-electron chi connectivity index (χ4n) is 2.29. The summed E-state index contributed by atoms with van der Waals surface area (Å²) >= 11 is 0. The minimum atomic E-state index is -0.424. The summed E-state index contributed by atoms with van der Waals surface area (Å²) < 4.78 is 4.55. The number of rotatable bonds is 3. The van der Waals surface area contributed by atoms with Crippen molar-refractivity contribution in [3.63, 3.8) is 0 Å². The molecule has 8 nitrogen and oxygen atoms in total. The van der Waals surface area contributed by atoms with Crippen LogP contribution in [0.15, 0.2) is 12.1 Å². The van der Waals surface area contributed by atoms with Crippen molar-refractivity contribution in [1.82, 2.24) is 5.32 Å². The van der Waals surface area contributed by atoms with Crippen molar-refractivity contribution in [3.8, 4) is 0 Å². The number of nitro groups is 1. The SMILES string of the molecule is CC(C)(C)OC=O.Cc1cc(N2CCNCC2)cc(N)c1[N+](=O)[O-]. The number of aryl methyl sites for hydroxylation is 1. The van der Waals surface area contributed by atoms with Gasteiger partial charge in [-0.2, -0.15) is 0 Å². The lowest BCUT2D eigenvalue weighted by Crippen LogP contribution is -2.43. The van der Waals surface area contributed by atoms with Crippen LogP contribution in [0.5, 0.6) is 0 Å². The number of nitro benzene ring substituents is 1. The van der Waals surface area contributed by atoms with E-state index in [1.165, 1.54) is 0 Å². The van der Waals surface area contributed by atoms with Gasteiger partial charge in [-0.1, -0.05) is 0 Å². The number of hydrogen-bond acceptors (Lipinski definition) is 7. The van der Waals surface area contributed by atoms with Crippen molar-refractivity contribution < 1.29 is 14.5 Å². The standard InChI is InChI=1S/C11H16N4O2.C5H10O2/c1-8-6-9(14-4-2-13-3-5-14)7-10(12)11(8)15(16)17;1-5(2,3)7-4-6/h6-7,13H,2-5,12H2,1H3;4H,1-3H3. The van der Waals surface area contributed by atoms with Gasteiger partial charge in [0.25, 0.3) is 12.2 Å². The van der Waals surface area contributed by atoms with Gasteiger partial charge in [0.1, 0.15) is 11.3 Å². The van der Waals surface area contributed by atoms with E-state index in [1.54, 1.807) is 13.0 Å². The molecule has 1 aromatic carbocycles. The summed E-state index contributed by atoms with van der Waals surface area (Å²) in [6.45, 7) is 11.3. The number of carbonyl (C=O) groups is 1. The highest BCUT2D eigenvalue weighted by atomic mass is 16.6. The number of anilines is 2. The molecule has 0 amide bonds. The first-order valence-corrected chi connectivity index (χ1v) is 7.77. The Morgan fingerprint density at radius 3 is 2.29 bits per heavy atom. The van der Waals surface area contributed by atoms with Crippen LogP contribution in [0.25, 0.3) is 0 Å². The van der Waals surface area contributed by atoms with Crippen LogP contribution in [0, 0.1) is 17.0 Å². The zero-order valence-electron chi connectivity index (χ0n) is 14.7. The Morgan fingerprint density at radius 2 is 1.92 bits per heavy atom. The van der Waals surface area contributed by atoms with Crippen molar-refractivity contribution in [2.45, 2.75) is 33.3 Å². The van der Waals surface area contributed by atoms with E-state index in [-0.39, 0.29) is 17.0 Å². The summed E-state index contributed by atoms with van der Waals surface area (Å²) in [6, 6.07) is 3.52. The number of nitrogens with one attached hydrogen (secondary N) is 1. The number of hydrogen-bond donors (Lipinski definition) is 2. The van der Waals surface area contributed by atoms with Gasteiger partial charge in [0.05, 0.1) is 4.92 Å². The van der Waals surface area contributed by atoms with E-state index < -0.39 is 4.92 Å². The van der Waals surface area contributed by atoms with Crippen LogP contribution in [0.3, 0.4) is 0 Å². The molecule has 0 atom stereocenters. The van der Waals surface area contributed by atoms with Gasteiger partial charge < -0.3 is 20.7 Å². The third kappa shape index (κ3) is 6.04. The molecule has 0 bridgehead atoms. The first kappa shape index (κ1) is 19.7. The topological polar surface area (TPSA) is 111 Å². The summed E-state index contributed by atoms with van der Waals surface area (Å²) in [5, 5.41) is 14.1. The largest absolute Gasteiger partial charge is 0.462 e. The van der Waals surface area contributed by atoms with Crippen LogP contribution in [0.2, 0.25) is 0 Å². The highest BCUT2D eigenvalue weighted by Gasteiger charge is 2.19. The Labute approximate surface area is 142 Å². The van der Waals surface area contributed by atoms with Gasteiger partial charge >= 0.3 is 0 Å². The molecule has 1 saturated heterocycles. The molecule has 8 heteroatoms. The predicted octanol–water partition coefficient (Wildman–Crippen LogP) is 1.85. The Bertz CT molecular complexity index is 555. The van der Waals surface area contributed by atoms with Crippen LogP contribution in [0.4, 0.5) is 17.1 Å². The van der Waals surface area contributed by atoms with Gasteiger partial charge in [0.2, 0.25) is 0 Å². The molecule has 1 fully saturated rings. The molecule has 1 heterocycles. The van der Waals surface area contributed by atoms with E-state index in [2.05, 4.69) is 15.0 Å². The summed E-state index contributed by atoms with van der Waals surface area (Å²) in [4.78, 5) is 22.2. The zero-order chi connectivity index (χ0) is 18.3. The molecule has 0 aliphatic carbocycles. The maximum Gasteiger partial charge on any atom is 0.295 e. The third-order valence-electron chi connectivity index (χ3n) is 3.38. The number of nitrogens with two attached hydrogens (primary N) is 1. The zero-order valence-corrected chi connectivity index (χ0v) is 14.7. The van der Waals surface area contributed by atoms with Gasteiger partial charge in [-0.3, -0.25) is 14.9 Å². The molecule has 24 heavy (non-hydrogen) atoms. The molecule has 0 unspecified atom stereocenters. The van der Waals surface area contributed by atoms with Gasteiger partial charge in [0, 0.05) is 37.4 Å². The molecule has 3 N–H and O–H groups in total. The Kier molecular flexibility index (Phi) is 6.97. The molecule has 0 aromatic heterocycles. The molecular formula is C16H26N4O4. The highest BCUT2D eigenvalue weighted by molar-refractivity contribution is 5.70. The normalized spacial score (nSPS) is 14.4. The van der Waals surface area contributed by atoms with Gasteiger partial charge in [0.15, 0.2) is 0 Å². The van der Waals surface area contributed by atoms with Crippen molar-refractivity contribution in [2.24, 2.45) is 0 Å². The molecule has 1 aliphatic heterocycles. The quantitative estimate of drug-likeness (QED) is 0.374. The highest BCUT2D eigenvalue weighted by Crippen LogP contribution is 2.31. The van der Waals surface area contributed by atoms with E-state index in [4.69, 9.17) is 5.73 Å². The molecule has 0 radical (unpaired) electrons. The lowest BCUT2D eigenvalue weighted by Gasteiger charge is -2.29. The van der Waals surface area contributed by atoms with Crippen molar-refractivity contribution >= 4 is 23.5 Å². The maximum atomic E-state index is 10.8. The fraction of sp³-hybridized carbons (Fsp3) is 0.562. The summed E-state index contributed by atoms with van der Waals surface area (Å²) in [5.74, 6) is 0. The maximum absolute atomic E-state index is 10.8. The number of carbonyl (C=O) groups excluding carboxylic acids is 1. The minimum Gasteiger partial charge on any atom is -0.462 e. The van der Waals surface area contributed by atoms with Gasteiger partial charge in [-0.05, 0) is 39.8 Å². The predicted molar refractivity (Wildman–Crippen MR) is 94.2 cm³/mol. The minimum absolute atomic E-state index is 0.0175. The van der Waals surface area contributed by atoms with E-state index in [1.807, 2.05) is 26.8 Å². The number of nitrogens with zero attached hydrogens (tertiary/aromatic N) is 2.